The first kappa shape index (κ1) is 18.1. The summed E-state index contributed by atoms with van der Waals surface area (Å²) in [5.41, 5.74) is 1.36. The first-order chi connectivity index (χ1) is 13.0. The molecular formula is C24H26NOP. The maximum atomic E-state index is 6.11. The van der Waals surface area contributed by atoms with E-state index in [2.05, 4.69) is 105 Å². The molecule has 1 aliphatic carbocycles. The Kier molecular flexibility index (Phi) is 4.93. The van der Waals surface area contributed by atoms with E-state index in [0.717, 1.165) is 12.5 Å². The second kappa shape index (κ2) is 7.37. The molecule has 1 fully saturated rings. The lowest BCUT2D eigenvalue weighted by molar-refractivity contribution is 0.214. The number of benzene rings is 2. The van der Waals surface area contributed by atoms with Crippen molar-refractivity contribution < 1.29 is 4.74 Å². The van der Waals surface area contributed by atoms with Crippen LogP contribution in [0.4, 0.5) is 0 Å². The lowest BCUT2D eigenvalue weighted by Gasteiger charge is -2.25. The summed E-state index contributed by atoms with van der Waals surface area (Å²) in [6.45, 7) is 7.48. The van der Waals surface area contributed by atoms with Gasteiger partial charge in [-0.15, -0.1) is 0 Å². The van der Waals surface area contributed by atoms with Gasteiger partial charge < -0.3 is 10.1 Å². The largest absolute Gasteiger partial charge is 0.477 e. The molecule has 1 N–H and O–H groups in total. The van der Waals surface area contributed by atoms with Gasteiger partial charge in [0.05, 0.1) is 6.04 Å². The zero-order chi connectivity index (χ0) is 18.9. The van der Waals surface area contributed by atoms with Gasteiger partial charge in [0.15, 0.2) is 5.88 Å². The van der Waals surface area contributed by atoms with Crippen LogP contribution in [-0.2, 0) is 4.74 Å². The van der Waals surface area contributed by atoms with E-state index in [1.165, 1.54) is 21.5 Å². The summed E-state index contributed by atoms with van der Waals surface area (Å²) < 4.78 is 6.11. The molecule has 4 rings (SSSR count). The Morgan fingerprint density at radius 3 is 2.04 bits per heavy atom. The Hall–Kier alpha value is -2.31. The van der Waals surface area contributed by atoms with Crippen molar-refractivity contribution >= 4 is 18.5 Å². The molecule has 27 heavy (non-hydrogen) atoms. The van der Waals surface area contributed by atoms with Crippen molar-refractivity contribution in [2.45, 2.75) is 26.8 Å². The molecule has 2 nitrogen and oxygen atoms in total. The minimum Gasteiger partial charge on any atom is -0.477 e. The smallest absolute Gasteiger partial charge is 0.195 e. The third-order valence-corrected chi connectivity index (χ3v) is 7.55. The van der Waals surface area contributed by atoms with Gasteiger partial charge in [0.1, 0.15) is 6.61 Å². The predicted molar refractivity (Wildman–Crippen MR) is 116 cm³/mol. The van der Waals surface area contributed by atoms with E-state index >= 15 is 0 Å². The fourth-order valence-electron chi connectivity index (χ4n) is 3.41. The van der Waals surface area contributed by atoms with E-state index in [1.807, 2.05) is 0 Å². The molecule has 2 aromatic rings. The van der Waals surface area contributed by atoms with Gasteiger partial charge in [-0.05, 0) is 35.3 Å². The van der Waals surface area contributed by atoms with Crippen molar-refractivity contribution in [1.82, 2.24) is 5.32 Å². The average Bonchev–Trinajstić information content (AvgIpc) is 3.33. The zero-order valence-corrected chi connectivity index (χ0v) is 17.0. The van der Waals surface area contributed by atoms with Gasteiger partial charge in [-0.2, -0.15) is 0 Å². The fraction of sp³-hybridized carbons (Fsp3) is 0.250. The predicted octanol–water partition coefficient (Wildman–Crippen LogP) is 4.82. The Labute approximate surface area is 163 Å². The Bertz CT molecular complexity index is 851. The lowest BCUT2D eigenvalue weighted by Crippen LogP contribution is -2.36. The van der Waals surface area contributed by atoms with Gasteiger partial charge in [0, 0.05) is 5.57 Å². The number of allylic oxidation sites excluding steroid dienone is 5. The second-order valence-electron chi connectivity index (χ2n) is 8.03. The van der Waals surface area contributed by atoms with Crippen LogP contribution in [0.2, 0.25) is 0 Å². The summed E-state index contributed by atoms with van der Waals surface area (Å²) in [7, 11) is -0.629. The van der Waals surface area contributed by atoms with Crippen molar-refractivity contribution in [2.24, 2.45) is 5.41 Å². The van der Waals surface area contributed by atoms with Crippen LogP contribution in [0.15, 0.2) is 95.7 Å². The van der Waals surface area contributed by atoms with E-state index in [4.69, 9.17) is 4.74 Å². The standard InChI is InChI=1S/C24H26NOP/c1-24(2,3)22-17-26-23(25-22)20-15-10-16-21(20)27(18-11-6-4-7-12-18)19-13-8-5-9-14-19/h4-16,22,25H,17H2,1-3H3/b23-20+/t22-/m1/s1. The molecule has 138 valence electrons. The summed E-state index contributed by atoms with van der Waals surface area (Å²) in [4.78, 5) is 0. The molecule has 0 spiro atoms. The number of hydrogen-bond donors (Lipinski definition) is 1. The van der Waals surface area contributed by atoms with E-state index < -0.39 is 7.92 Å². The van der Waals surface area contributed by atoms with Crippen LogP contribution in [0.25, 0.3) is 0 Å². The van der Waals surface area contributed by atoms with Crippen LogP contribution < -0.4 is 15.9 Å². The molecule has 1 atom stereocenters. The van der Waals surface area contributed by atoms with Crippen LogP contribution >= 0.6 is 7.92 Å². The van der Waals surface area contributed by atoms with E-state index in [9.17, 15) is 0 Å². The van der Waals surface area contributed by atoms with Crippen molar-refractivity contribution in [3.63, 3.8) is 0 Å². The van der Waals surface area contributed by atoms with Crippen molar-refractivity contribution in [2.75, 3.05) is 6.61 Å². The van der Waals surface area contributed by atoms with E-state index in [1.54, 1.807) is 0 Å². The monoisotopic (exact) mass is 375 g/mol. The van der Waals surface area contributed by atoms with E-state index in [0.29, 0.717) is 6.04 Å². The second-order valence-corrected chi connectivity index (χ2v) is 10.2. The molecule has 0 amide bonds. The molecular weight excluding hydrogens is 349 g/mol. The Morgan fingerprint density at radius 1 is 0.926 bits per heavy atom. The summed E-state index contributed by atoms with van der Waals surface area (Å²) >= 11 is 0. The molecule has 2 aromatic carbocycles. The summed E-state index contributed by atoms with van der Waals surface area (Å²) in [5, 5.41) is 7.70. The molecule has 1 aliphatic heterocycles. The summed E-state index contributed by atoms with van der Waals surface area (Å²) in [5.74, 6) is 0.925. The maximum Gasteiger partial charge on any atom is 0.195 e. The molecule has 2 aliphatic rings. The highest BCUT2D eigenvalue weighted by atomic mass is 31.1. The quantitative estimate of drug-likeness (QED) is 0.777. The Balaban J connectivity index is 1.74. The fourth-order valence-corrected chi connectivity index (χ4v) is 5.86. The SMILES string of the molecule is CC(C)(C)[C@H]1CO/C(=C2\C=CC=C2P(c2ccccc2)c2ccccc2)N1. The third-order valence-electron chi connectivity index (χ3n) is 5.05. The third kappa shape index (κ3) is 3.73. The molecule has 1 heterocycles. The first-order valence-corrected chi connectivity index (χ1v) is 10.8. The molecule has 0 aromatic heterocycles. The number of rotatable bonds is 3. The van der Waals surface area contributed by atoms with Gasteiger partial charge in [-0.3, -0.25) is 0 Å². The van der Waals surface area contributed by atoms with Crippen LogP contribution in [0.1, 0.15) is 20.8 Å². The highest BCUT2D eigenvalue weighted by Gasteiger charge is 2.34. The normalized spacial score (nSPS) is 21.9. The van der Waals surface area contributed by atoms with Crippen molar-refractivity contribution in [1.29, 1.82) is 0 Å². The number of nitrogens with one attached hydrogen (secondary N) is 1. The zero-order valence-electron chi connectivity index (χ0n) is 16.1. The highest BCUT2D eigenvalue weighted by Crippen LogP contribution is 2.49. The summed E-state index contributed by atoms with van der Waals surface area (Å²) in [6, 6.07) is 22.0. The maximum absolute atomic E-state index is 6.11. The van der Waals surface area contributed by atoms with Crippen LogP contribution in [0, 0.1) is 5.41 Å². The molecule has 3 heteroatoms. The van der Waals surface area contributed by atoms with Gasteiger partial charge >= 0.3 is 0 Å². The Morgan fingerprint density at radius 2 is 1.52 bits per heavy atom. The van der Waals surface area contributed by atoms with Gasteiger partial charge in [-0.25, -0.2) is 0 Å². The van der Waals surface area contributed by atoms with Gasteiger partial charge in [-0.1, -0.05) is 93.6 Å². The van der Waals surface area contributed by atoms with Gasteiger partial charge in [0.25, 0.3) is 0 Å². The first-order valence-electron chi connectivity index (χ1n) is 9.46. The highest BCUT2D eigenvalue weighted by molar-refractivity contribution is 7.77. The van der Waals surface area contributed by atoms with Crippen molar-refractivity contribution in [3.05, 3.63) is 95.7 Å². The number of hydrogen-bond acceptors (Lipinski definition) is 2. The van der Waals surface area contributed by atoms with Gasteiger partial charge in [0.2, 0.25) is 0 Å². The topological polar surface area (TPSA) is 21.3 Å². The molecule has 0 unspecified atom stereocenters. The van der Waals surface area contributed by atoms with Crippen molar-refractivity contribution in [3.8, 4) is 0 Å². The molecule has 1 saturated heterocycles. The summed E-state index contributed by atoms with van der Waals surface area (Å²) in [6.07, 6.45) is 6.59. The van der Waals surface area contributed by atoms with E-state index in [-0.39, 0.29) is 5.41 Å². The van der Waals surface area contributed by atoms with Crippen LogP contribution in [-0.4, -0.2) is 12.6 Å². The van der Waals surface area contributed by atoms with Crippen LogP contribution in [0.5, 0.6) is 0 Å². The minimum absolute atomic E-state index is 0.165. The van der Waals surface area contributed by atoms with Crippen LogP contribution in [0.3, 0.4) is 0 Å². The number of ether oxygens (including phenoxy) is 1. The molecule has 0 saturated carbocycles. The lowest BCUT2D eigenvalue weighted by atomic mass is 9.88. The molecule has 0 bridgehead atoms. The average molecular weight is 375 g/mol. The molecule has 0 radical (unpaired) electrons. The minimum atomic E-state index is -0.629.